The van der Waals surface area contributed by atoms with Gasteiger partial charge in [-0.1, -0.05) is 57.8 Å². The van der Waals surface area contributed by atoms with Crippen LogP contribution in [0.3, 0.4) is 0 Å². The second-order valence-corrected chi connectivity index (χ2v) is 6.60. The van der Waals surface area contributed by atoms with Crippen LogP contribution >= 0.6 is 31.9 Å². The van der Waals surface area contributed by atoms with Crippen molar-refractivity contribution in [3.63, 3.8) is 0 Å². The Morgan fingerprint density at radius 2 is 1.73 bits per heavy atom. The van der Waals surface area contributed by atoms with Gasteiger partial charge in [0.25, 0.3) is 0 Å². The van der Waals surface area contributed by atoms with E-state index in [0.717, 1.165) is 16.8 Å². The molecule has 2 heteroatoms. The Balaban J connectivity index is 2.33. The molecule has 0 aliphatic heterocycles. The van der Waals surface area contributed by atoms with Gasteiger partial charge in [0.2, 0.25) is 0 Å². The van der Waals surface area contributed by atoms with Crippen LogP contribution in [-0.4, -0.2) is 4.83 Å². The van der Waals surface area contributed by atoms with Gasteiger partial charge in [-0.05, 0) is 42.9 Å². The fourth-order valence-electron chi connectivity index (χ4n) is 1.60. The highest BCUT2D eigenvalue weighted by molar-refractivity contribution is 9.10. The van der Waals surface area contributed by atoms with Gasteiger partial charge < -0.3 is 0 Å². The van der Waals surface area contributed by atoms with Crippen LogP contribution in [0.15, 0.2) is 28.7 Å². The molecule has 0 spiro atoms. The molecule has 0 nitrogen and oxygen atoms in total. The van der Waals surface area contributed by atoms with Crippen molar-refractivity contribution >= 4 is 31.9 Å². The van der Waals surface area contributed by atoms with Crippen molar-refractivity contribution in [1.82, 2.24) is 0 Å². The summed E-state index contributed by atoms with van der Waals surface area (Å²) in [6.45, 7) is 4.54. The molecule has 1 aromatic rings. The molecule has 0 aliphatic carbocycles. The maximum Gasteiger partial charge on any atom is 0.0175 e. The lowest BCUT2D eigenvalue weighted by molar-refractivity contribution is 0.554. The van der Waals surface area contributed by atoms with Gasteiger partial charge in [0.15, 0.2) is 0 Å². The first-order chi connectivity index (χ1) is 7.08. The van der Waals surface area contributed by atoms with Gasteiger partial charge in [0.05, 0.1) is 0 Å². The number of hydrogen-bond acceptors (Lipinski definition) is 0. The normalized spacial score (nSPS) is 13.1. The number of halogens is 2. The molecule has 1 atom stereocenters. The molecule has 84 valence electrons. The topological polar surface area (TPSA) is 0 Å². The molecule has 0 saturated carbocycles. The van der Waals surface area contributed by atoms with Crippen LogP contribution < -0.4 is 0 Å². The van der Waals surface area contributed by atoms with E-state index in [9.17, 15) is 0 Å². The highest BCUT2D eigenvalue weighted by Crippen LogP contribution is 2.19. The monoisotopic (exact) mass is 332 g/mol. The standard InChI is InChI=1S/C13H18Br2/c1-10(2)9-13(15)8-5-11-3-6-12(14)7-4-11/h3-4,6-7,10,13H,5,8-9H2,1-2H3. The number of aryl methyl sites for hydroxylation is 1. The molecule has 0 fully saturated rings. The first-order valence-corrected chi connectivity index (χ1v) is 7.17. The number of hydrogen-bond donors (Lipinski definition) is 0. The van der Waals surface area contributed by atoms with Crippen molar-refractivity contribution in [3.8, 4) is 0 Å². The molecule has 0 bridgehead atoms. The minimum absolute atomic E-state index is 0.654. The Kier molecular flexibility index (Phi) is 5.91. The van der Waals surface area contributed by atoms with Crippen LogP contribution in [0.2, 0.25) is 0 Å². The Morgan fingerprint density at radius 3 is 2.27 bits per heavy atom. The summed E-state index contributed by atoms with van der Waals surface area (Å²) in [6, 6.07) is 8.61. The van der Waals surface area contributed by atoms with Crippen LogP contribution in [0.5, 0.6) is 0 Å². The Bertz CT molecular complexity index is 277. The molecular formula is C13H18Br2. The molecule has 1 unspecified atom stereocenters. The van der Waals surface area contributed by atoms with E-state index in [1.54, 1.807) is 0 Å². The zero-order valence-corrected chi connectivity index (χ0v) is 12.5. The third kappa shape index (κ3) is 5.72. The molecule has 0 heterocycles. The van der Waals surface area contributed by atoms with Gasteiger partial charge in [-0.15, -0.1) is 0 Å². The predicted octanol–water partition coefficient (Wildman–Crippen LogP) is 5.19. The summed E-state index contributed by atoms with van der Waals surface area (Å²) in [4.78, 5) is 0.654. The van der Waals surface area contributed by atoms with Gasteiger partial charge in [-0.25, -0.2) is 0 Å². The van der Waals surface area contributed by atoms with Crippen molar-refractivity contribution in [2.75, 3.05) is 0 Å². The quantitative estimate of drug-likeness (QED) is 0.650. The lowest BCUT2D eigenvalue weighted by Crippen LogP contribution is -2.04. The lowest BCUT2D eigenvalue weighted by atomic mass is 10.0. The first kappa shape index (κ1) is 13.2. The SMILES string of the molecule is CC(C)CC(Br)CCc1ccc(Br)cc1. The van der Waals surface area contributed by atoms with Crippen LogP contribution in [0.25, 0.3) is 0 Å². The van der Waals surface area contributed by atoms with Gasteiger partial charge in [0.1, 0.15) is 0 Å². The van der Waals surface area contributed by atoms with Crippen LogP contribution in [0.1, 0.15) is 32.3 Å². The van der Waals surface area contributed by atoms with Gasteiger partial charge in [-0.2, -0.15) is 0 Å². The third-order valence-electron chi connectivity index (χ3n) is 2.39. The summed E-state index contributed by atoms with van der Waals surface area (Å²) in [6.07, 6.45) is 3.65. The molecule has 0 N–H and O–H groups in total. The zero-order valence-electron chi connectivity index (χ0n) is 9.34. The maximum absolute atomic E-state index is 3.74. The highest BCUT2D eigenvalue weighted by Gasteiger charge is 2.06. The van der Waals surface area contributed by atoms with Gasteiger partial charge >= 0.3 is 0 Å². The summed E-state index contributed by atoms with van der Waals surface area (Å²) in [5.41, 5.74) is 1.42. The molecule has 0 aromatic heterocycles. The van der Waals surface area contributed by atoms with Crippen molar-refractivity contribution in [2.24, 2.45) is 5.92 Å². The molecule has 1 aromatic carbocycles. The molecule has 1 rings (SSSR count). The minimum Gasteiger partial charge on any atom is -0.0890 e. The average molecular weight is 334 g/mol. The molecule has 0 amide bonds. The van der Waals surface area contributed by atoms with E-state index in [4.69, 9.17) is 0 Å². The van der Waals surface area contributed by atoms with Crippen molar-refractivity contribution in [2.45, 2.75) is 37.9 Å². The molecule has 15 heavy (non-hydrogen) atoms. The average Bonchev–Trinajstić information content (AvgIpc) is 2.16. The highest BCUT2D eigenvalue weighted by atomic mass is 79.9. The predicted molar refractivity (Wildman–Crippen MR) is 74.6 cm³/mol. The fourth-order valence-corrected chi connectivity index (χ4v) is 2.84. The second-order valence-electron chi connectivity index (χ2n) is 4.39. The summed E-state index contributed by atoms with van der Waals surface area (Å²) < 4.78 is 1.16. The van der Waals surface area contributed by atoms with Crippen LogP contribution in [0.4, 0.5) is 0 Å². The molecular weight excluding hydrogens is 316 g/mol. The van der Waals surface area contributed by atoms with Crippen LogP contribution in [0, 0.1) is 5.92 Å². The zero-order chi connectivity index (χ0) is 11.3. The third-order valence-corrected chi connectivity index (χ3v) is 3.75. The maximum atomic E-state index is 3.74. The largest absolute Gasteiger partial charge is 0.0890 e. The van der Waals surface area contributed by atoms with Crippen molar-refractivity contribution in [3.05, 3.63) is 34.3 Å². The van der Waals surface area contributed by atoms with E-state index < -0.39 is 0 Å². The lowest BCUT2D eigenvalue weighted by Gasteiger charge is -2.11. The van der Waals surface area contributed by atoms with Crippen molar-refractivity contribution < 1.29 is 0 Å². The first-order valence-electron chi connectivity index (χ1n) is 5.46. The van der Waals surface area contributed by atoms with E-state index in [-0.39, 0.29) is 0 Å². The summed E-state index contributed by atoms with van der Waals surface area (Å²) in [5.74, 6) is 0.777. The number of alkyl halides is 1. The van der Waals surface area contributed by atoms with Crippen molar-refractivity contribution in [1.29, 1.82) is 0 Å². The second kappa shape index (κ2) is 6.70. The van der Waals surface area contributed by atoms with Gasteiger partial charge in [-0.3, -0.25) is 0 Å². The molecule has 0 radical (unpaired) electrons. The minimum atomic E-state index is 0.654. The Morgan fingerprint density at radius 1 is 1.13 bits per heavy atom. The Hall–Kier alpha value is 0.180. The number of rotatable bonds is 5. The smallest absolute Gasteiger partial charge is 0.0175 e. The van der Waals surface area contributed by atoms with E-state index >= 15 is 0 Å². The fraction of sp³-hybridized carbons (Fsp3) is 0.538. The van der Waals surface area contributed by atoms with E-state index in [1.807, 2.05) is 0 Å². The summed E-state index contributed by atoms with van der Waals surface area (Å²) in [5, 5.41) is 0. The summed E-state index contributed by atoms with van der Waals surface area (Å²) in [7, 11) is 0. The van der Waals surface area contributed by atoms with E-state index in [2.05, 4.69) is 70.0 Å². The molecule has 0 aliphatic rings. The van der Waals surface area contributed by atoms with E-state index in [1.165, 1.54) is 18.4 Å². The number of benzene rings is 1. The molecule has 0 saturated heterocycles. The Labute approximate surface area is 110 Å². The van der Waals surface area contributed by atoms with Crippen LogP contribution in [-0.2, 0) is 6.42 Å². The van der Waals surface area contributed by atoms with Gasteiger partial charge in [0, 0.05) is 9.30 Å². The summed E-state index contributed by atoms with van der Waals surface area (Å²) >= 11 is 7.19. The van der Waals surface area contributed by atoms with E-state index in [0.29, 0.717) is 4.83 Å².